The van der Waals surface area contributed by atoms with E-state index in [2.05, 4.69) is 42.6 Å². The monoisotopic (exact) mass is 323 g/mol. The fourth-order valence-electron chi connectivity index (χ4n) is 3.81. The van der Waals surface area contributed by atoms with Crippen LogP contribution in [0.1, 0.15) is 37.3 Å². The van der Waals surface area contributed by atoms with E-state index in [1.165, 1.54) is 30.0 Å². The van der Waals surface area contributed by atoms with Crippen molar-refractivity contribution in [2.24, 2.45) is 5.92 Å². The first kappa shape index (κ1) is 16.4. The predicted molar refractivity (Wildman–Crippen MR) is 91.3 cm³/mol. The van der Waals surface area contributed by atoms with Gasteiger partial charge in [-0.2, -0.15) is 0 Å². The van der Waals surface area contributed by atoms with Crippen LogP contribution in [-0.2, 0) is 11.3 Å². The summed E-state index contributed by atoms with van der Waals surface area (Å²) in [5.74, 6) is 0.682. The molecule has 0 spiro atoms. The largest absolute Gasteiger partial charge is 0.376 e. The number of aromatic nitrogens is 1. The Morgan fingerprint density at radius 3 is 2.95 bits per heavy atom. The number of hydrogen-bond acceptors (Lipinski definition) is 5. The van der Waals surface area contributed by atoms with Crippen LogP contribution in [0.15, 0.2) is 5.51 Å². The molecule has 0 aromatic carbocycles. The van der Waals surface area contributed by atoms with Crippen molar-refractivity contribution < 1.29 is 4.74 Å². The molecule has 0 radical (unpaired) electrons. The van der Waals surface area contributed by atoms with Gasteiger partial charge in [0.2, 0.25) is 0 Å². The molecule has 1 aromatic rings. The third-order valence-electron chi connectivity index (χ3n) is 5.36. The fraction of sp³-hybridized carbons (Fsp3) is 0.824. The Hall–Kier alpha value is -0.490. The van der Waals surface area contributed by atoms with Crippen molar-refractivity contribution in [3.63, 3.8) is 0 Å². The first-order valence-corrected chi connectivity index (χ1v) is 9.39. The van der Waals surface area contributed by atoms with Gasteiger partial charge in [0.1, 0.15) is 0 Å². The van der Waals surface area contributed by atoms with E-state index in [0.717, 1.165) is 19.7 Å². The minimum atomic E-state index is 0.417. The molecule has 0 aliphatic carbocycles. The molecular formula is C17H29N3OS. The highest BCUT2D eigenvalue weighted by atomic mass is 32.1. The Bertz CT molecular complexity index is 490. The Morgan fingerprint density at radius 1 is 1.45 bits per heavy atom. The van der Waals surface area contributed by atoms with Crippen molar-refractivity contribution in [3.05, 3.63) is 16.1 Å². The normalized spacial score (nSPS) is 30.0. The van der Waals surface area contributed by atoms with E-state index in [-0.39, 0.29) is 0 Å². The lowest BCUT2D eigenvalue weighted by molar-refractivity contribution is -0.116. The van der Waals surface area contributed by atoms with Gasteiger partial charge in [-0.3, -0.25) is 9.80 Å². The van der Waals surface area contributed by atoms with Gasteiger partial charge in [-0.1, -0.05) is 0 Å². The molecule has 22 heavy (non-hydrogen) atoms. The van der Waals surface area contributed by atoms with Gasteiger partial charge >= 0.3 is 0 Å². The first-order valence-electron chi connectivity index (χ1n) is 8.51. The minimum absolute atomic E-state index is 0.417. The standard InChI is InChI=1S/C17H29N3OS/c1-12(2)19(4)15-9-20(10-16-13(3)18-11-22-16)8-14-6-5-7-21-17(14)15/h11-12,14-15,17H,5-10H2,1-4H3/t14-,15+,17-/m0/s1. The molecule has 0 saturated carbocycles. The molecule has 3 rings (SSSR count). The van der Waals surface area contributed by atoms with Crippen molar-refractivity contribution in [1.29, 1.82) is 0 Å². The van der Waals surface area contributed by atoms with Crippen LogP contribution in [0.4, 0.5) is 0 Å². The Morgan fingerprint density at radius 2 is 2.27 bits per heavy atom. The second-order valence-electron chi connectivity index (χ2n) is 7.12. The van der Waals surface area contributed by atoms with Gasteiger partial charge in [0.25, 0.3) is 0 Å². The van der Waals surface area contributed by atoms with Crippen LogP contribution in [0.5, 0.6) is 0 Å². The molecule has 2 aliphatic rings. The molecule has 4 nitrogen and oxygen atoms in total. The Balaban J connectivity index is 1.74. The molecule has 3 heterocycles. The van der Waals surface area contributed by atoms with Crippen LogP contribution in [0, 0.1) is 12.8 Å². The summed E-state index contributed by atoms with van der Waals surface area (Å²) in [6.45, 7) is 11.0. The third-order valence-corrected chi connectivity index (χ3v) is 6.28. The van der Waals surface area contributed by atoms with Crippen LogP contribution < -0.4 is 0 Å². The molecule has 3 atom stereocenters. The summed E-state index contributed by atoms with van der Waals surface area (Å²) in [5, 5.41) is 0. The quantitative estimate of drug-likeness (QED) is 0.852. The molecule has 2 fully saturated rings. The lowest BCUT2D eigenvalue weighted by atomic mass is 9.84. The molecule has 2 aliphatic heterocycles. The van der Waals surface area contributed by atoms with Gasteiger partial charge in [0, 0.05) is 43.2 Å². The highest BCUT2D eigenvalue weighted by Gasteiger charge is 2.41. The minimum Gasteiger partial charge on any atom is -0.376 e. The smallest absolute Gasteiger partial charge is 0.0798 e. The second-order valence-corrected chi connectivity index (χ2v) is 8.06. The molecule has 1 aromatic heterocycles. The van der Waals surface area contributed by atoms with E-state index in [1.54, 1.807) is 11.3 Å². The van der Waals surface area contributed by atoms with E-state index in [9.17, 15) is 0 Å². The van der Waals surface area contributed by atoms with Gasteiger partial charge in [0.05, 0.1) is 17.3 Å². The van der Waals surface area contributed by atoms with Crippen molar-refractivity contribution in [1.82, 2.24) is 14.8 Å². The Kier molecular flexibility index (Phi) is 5.17. The maximum absolute atomic E-state index is 6.19. The molecular weight excluding hydrogens is 294 g/mol. The molecule has 0 unspecified atom stereocenters. The van der Waals surface area contributed by atoms with E-state index in [4.69, 9.17) is 4.74 Å². The molecule has 0 amide bonds. The number of likely N-dealkylation sites (tertiary alicyclic amines) is 1. The van der Waals surface area contributed by atoms with Gasteiger partial charge in [-0.15, -0.1) is 11.3 Å². The summed E-state index contributed by atoms with van der Waals surface area (Å²) in [6.07, 6.45) is 2.94. The van der Waals surface area contributed by atoms with Crippen molar-refractivity contribution in [2.75, 3.05) is 26.7 Å². The molecule has 0 bridgehead atoms. The van der Waals surface area contributed by atoms with Crippen LogP contribution in [-0.4, -0.2) is 59.7 Å². The number of thiazole rings is 1. The number of nitrogens with zero attached hydrogens (tertiary/aromatic N) is 3. The predicted octanol–water partition coefficient (Wildman–Crippen LogP) is 2.77. The van der Waals surface area contributed by atoms with Crippen molar-refractivity contribution >= 4 is 11.3 Å². The number of rotatable bonds is 4. The van der Waals surface area contributed by atoms with E-state index >= 15 is 0 Å². The summed E-state index contributed by atoms with van der Waals surface area (Å²) >= 11 is 1.79. The van der Waals surface area contributed by atoms with Crippen LogP contribution in [0.3, 0.4) is 0 Å². The second kappa shape index (κ2) is 6.95. The van der Waals surface area contributed by atoms with Gasteiger partial charge in [0.15, 0.2) is 0 Å². The number of piperidine rings is 1. The number of aryl methyl sites for hydroxylation is 1. The van der Waals surface area contributed by atoms with Crippen LogP contribution in [0.2, 0.25) is 0 Å². The lowest BCUT2D eigenvalue weighted by Gasteiger charge is -2.49. The van der Waals surface area contributed by atoms with Crippen LogP contribution >= 0.6 is 11.3 Å². The molecule has 0 N–H and O–H groups in total. The fourth-order valence-corrected chi connectivity index (χ4v) is 4.63. The van der Waals surface area contributed by atoms with Crippen LogP contribution in [0.25, 0.3) is 0 Å². The van der Waals surface area contributed by atoms with Crippen molar-refractivity contribution in [3.8, 4) is 0 Å². The van der Waals surface area contributed by atoms with E-state index in [0.29, 0.717) is 24.1 Å². The van der Waals surface area contributed by atoms with Gasteiger partial charge in [-0.25, -0.2) is 4.98 Å². The number of fused-ring (bicyclic) bond motifs is 1. The molecule has 124 valence electrons. The summed E-state index contributed by atoms with van der Waals surface area (Å²) < 4.78 is 6.19. The SMILES string of the molecule is Cc1ncsc1CN1C[C@@H]2CCCO[C@@H]2[C@H](N(C)C(C)C)C1. The summed E-state index contributed by atoms with van der Waals surface area (Å²) in [4.78, 5) is 11.0. The Labute approximate surface area is 138 Å². The number of hydrogen-bond donors (Lipinski definition) is 0. The number of likely N-dealkylation sites (N-methyl/N-ethyl adjacent to an activating group) is 1. The summed E-state index contributed by atoms with van der Waals surface area (Å²) in [5.41, 5.74) is 3.17. The highest BCUT2D eigenvalue weighted by Crippen LogP contribution is 2.32. The van der Waals surface area contributed by atoms with E-state index in [1.807, 2.05) is 5.51 Å². The van der Waals surface area contributed by atoms with Crippen molar-refractivity contribution in [2.45, 2.75) is 58.3 Å². The average Bonchev–Trinajstić information content (AvgIpc) is 2.91. The zero-order chi connectivity index (χ0) is 15.7. The topological polar surface area (TPSA) is 28.6 Å². The lowest BCUT2D eigenvalue weighted by Crippen LogP contribution is -2.61. The van der Waals surface area contributed by atoms with E-state index < -0.39 is 0 Å². The summed E-state index contributed by atoms with van der Waals surface area (Å²) in [6, 6.07) is 1.06. The molecule has 5 heteroatoms. The zero-order valence-electron chi connectivity index (χ0n) is 14.3. The zero-order valence-corrected chi connectivity index (χ0v) is 15.1. The van der Waals surface area contributed by atoms with Gasteiger partial charge in [-0.05, 0) is 46.6 Å². The first-order chi connectivity index (χ1) is 10.6. The summed E-state index contributed by atoms with van der Waals surface area (Å²) in [7, 11) is 2.26. The maximum atomic E-state index is 6.19. The van der Waals surface area contributed by atoms with Gasteiger partial charge < -0.3 is 4.74 Å². The highest BCUT2D eigenvalue weighted by molar-refractivity contribution is 7.09. The molecule has 2 saturated heterocycles. The average molecular weight is 324 g/mol. The maximum Gasteiger partial charge on any atom is 0.0798 e. The number of ether oxygens (including phenoxy) is 1. The third kappa shape index (κ3) is 3.37.